The van der Waals surface area contributed by atoms with Crippen LogP contribution in [0.25, 0.3) is 0 Å². The van der Waals surface area contributed by atoms with E-state index in [2.05, 4.69) is 48.7 Å². The van der Waals surface area contributed by atoms with Crippen molar-refractivity contribution in [2.24, 2.45) is 0 Å². The van der Waals surface area contributed by atoms with Gasteiger partial charge in [-0.1, -0.05) is 0 Å². The van der Waals surface area contributed by atoms with Gasteiger partial charge in [0, 0.05) is 14.8 Å². The fraction of sp³-hybridized carbons (Fsp3) is 0.286. The minimum absolute atomic E-state index is 0.0961. The first-order chi connectivity index (χ1) is 9.85. The molecule has 0 fully saturated rings. The highest BCUT2D eigenvalue weighted by Crippen LogP contribution is 2.25. The quantitative estimate of drug-likeness (QED) is 0.468. The summed E-state index contributed by atoms with van der Waals surface area (Å²) >= 11 is 2.26. The lowest BCUT2D eigenvalue weighted by Crippen LogP contribution is -2.40. The van der Waals surface area contributed by atoms with Crippen LogP contribution in [-0.2, 0) is 0 Å². The highest BCUT2D eigenvalue weighted by atomic mass is 127. The highest BCUT2D eigenvalue weighted by Gasteiger charge is 2.12. The maximum Gasteiger partial charge on any atom is 0.169 e. The van der Waals surface area contributed by atoms with Gasteiger partial charge >= 0.3 is 0 Å². The van der Waals surface area contributed by atoms with Crippen LogP contribution in [-0.4, -0.2) is 15.5 Å². The van der Waals surface area contributed by atoms with E-state index < -0.39 is 0 Å². The Balaban J connectivity index is 2.15. The number of nitrogens with two attached hydrogens (primary N) is 1. The summed E-state index contributed by atoms with van der Waals surface area (Å²) in [6.07, 6.45) is 1.47. The second kappa shape index (κ2) is 6.44. The van der Waals surface area contributed by atoms with Gasteiger partial charge in [0.1, 0.15) is 12.0 Å². The van der Waals surface area contributed by atoms with Crippen molar-refractivity contribution in [3.63, 3.8) is 0 Å². The lowest BCUT2D eigenvalue weighted by Gasteiger charge is -2.22. The zero-order valence-electron chi connectivity index (χ0n) is 12.2. The Hall–Kier alpha value is -1.61. The zero-order valence-corrected chi connectivity index (χ0v) is 14.4. The summed E-state index contributed by atoms with van der Waals surface area (Å²) in [6, 6.07) is 7.98. The van der Waals surface area contributed by atoms with Crippen molar-refractivity contribution in [2.75, 3.05) is 16.5 Å². The van der Waals surface area contributed by atoms with E-state index in [0.29, 0.717) is 17.3 Å². The van der Waals surface area contributed by atoms with Gasteiger partial charge in [-0.2, -0.15) is 0 Å². The van der Waals surface area contributed by atoms with E-state index >= 15 is 0 Å². The Bertz CT molecular complexity index is 606. The number of aromatic nitrogens is 2. The molecular weight excluding hydrogens is 379 g/mol. The standard InChI is InChI=1S/C14H19IN6/c1-14(2,3)21-20-13-11(16)12(17-8-18-13)19-10-6-4-9(15)5-7-10/h4-8,21H,16H2,1-3H3,(H2,17,18,19,20). The first kappa shape index (κ1) is 15.8. The largest absolute Gasteiger partial charge is 0.393 e. The number of hydrazine groups is 1. The van der Waals surface area contributed by atoms with Crippen LogP contribution in [0.4, 0.5) is 23.0 Å². The molecule has 0 aliphatic heterocycles. The van der Waals surface area contributed by atoms with Gasteiger partial charge in [-0.3, -0.25) is 0 Å². The van der Waals surface area contributed by atoms with Crippen molar-refractivity contribution >= 4 is 45.6 Å². The maximum atomic E-state index is 6.10. The predicted octanol–water partition coefficient (Wildman–Crippen LogP) is 3.12. The topological polar surface area (TPSA) is 87.9 Å². The number of nitrogen functional groups attached to an aromatic ring is 1. The number of nitrogens with zero attached hydrogens (tertiary/aromatic N) is 2. The number of halogens is 1. The van der Waals surface area contributed by atoms with Crippen molar-refractivity contribution in [2.45, 2.75) is 26.3 Å². The average Bonchev–Trinajstić information content (AvgIpc) is 2.41. The Morgan fingerprint density at radius 2 is 1.67 bits per heavy atom. The molecule has 0 radical (unpaired) electrons. The molecule has 1 heterocycles. The maximum absolute atomic E-state index is 6.10. The molecule has 21 heavy (non-hydrogen) atoms. The normalized spacial score (nSPS) is 11.2. The van der Waals surface area contributed by atoms with Crippen LogP contribution in [0.2, 0.25) is 0 Å². The predicted molar refractivity (Wildman–Crippen MR) is 95.4 cm³/mol. The van der Waals surface area contributed by atoms with Crippen LogP contribution < -0.4 is 21.9 Å². The van der Waals surface area contributed by atoms with Gasteiger partial charge in [0.15, 0.2) is 11.6 Å². The van der Waals surface area contributed by atoms with Crippen molar-refractivity contribution in [3.8, 4) is 0 Å². The number of hydrogen-bond donors (Lipinski definition) is 4. The average molecular weight is 398 g/mol. The molecule has 2 rings (SSSR count). The van der Waals surface area contributed by atoms with E-state index in [-0.39, 0.29) is 5.54 Å². The van der Waals surface area contributed by atoms with E-state index in [4.69, 9.17) is 5.73 Å². The van der Waals surface area contributed by atoms with E-state index in [1.54, 1.807) is 0 Å². The fourth-order valence-corrected chi connectivity index (χ4v) is 1.87. The molecule has 6 nitrogen and oxygen atoms in total. The molecule has 5 N–H and O–H groups in total. The highest BCUT2D eigenvalue weighted by molar-refractivity contribution is 14.1. The van der Waals surface area contributed by atoms with Crippen LogP contribution in [0.5, 0.6) is 0 Å². The molecule has 1 aromatic heterocycles. The van der Waals surface area contributed by atoms with Gasteiger partial charge in [0.05, 0.1) is 0 Å². The number of hydrogen-bond acceptors (Lipinski definition) is 6. The molecule has 7 heteroatoms. The van der Waals surface area contributed by atoms with Crippen molar-refractivity contribution in [3.05, 3.63) is 34.2 Å². The first-order valence-corrected chi connectivity index (χ1v) is 7.59. The molecule has 0 aliphatic rings. The molecule has 0 spiro atoms. The van der Waals surface area contributed by atoms with Gasteiger partial charge in [-0.25, -0.2) is 15.4 Å². The molecule has 0 bridgehead atoms. The third kappa shape index (κ3) is 4.71. The van der Waals surface area contributed by atoms with Crippen molar-refractivity contribution in [1.82, 2.24) is 15.4 Å². The number of rotatable bonds is 4. The monoisotopic (exact) mass is 398 g/mol. The molecule has 0 unspecified atom stereocenters. The number of anilines is 4. The van der Waals surface area contributed by atoms with E-state index in [9.17, 15) is 0 Å². The van der Waals surface area contributed by atoms with Gasteiger partial charge < -0.3 is 16.5 Å². The molecule has 1 aromatic carbocycles. The summed E-state index contributed by atoms with van der Waals surface area (Å²) in [5, 5.41) is 3.19. The molecule has 0 saturated heterocycles. The van der Waals surface area contributed by atoms with Crippen molar-refractivity contribution < 1.29 is 0 Å². The third-order valence-electron chi connectivity index (χ3n) is 2.55. The molecular formula is C14H19IN6. The second-order valence-corrected chi connectivity index (χ2v) is 6.86. The Morgan fingerprint density at radius 3 is 2.29 bits per heavy atom. The summed E-state index contributed by atoms with van der Waals surface area (Å²) in [5.74, 6) is 1.12. The van der Waals surface area contributed by atoms with Crippen LogP contribution in [0, 0.1) is 3.57 Å². The fourth-order valence-electron chi connectivity index (χ4n) is 1.51. The van der Waals surface area contributed by atoms with Crippen molar-refractivity contribution in [1.29, 1.82) is 0 Å². The summed E-state index contributed by atoms with van der Waals surface area (Å²) in [5.41, 5.74) is 13.5. The Kier molecular flexibility index (Phi) is 4.84. The number of benzene rings is 1. The van der Waals surface area contributed by atoms with E-state index in [0.717, 1.165) is 5.69 Å². The smallest absolute Gasteiger partial charge is 0.169 e. The Labute approximate surface area is 138 Å². The molecule has 0 saturated carbocycles. The summed E-state index contributed by atoms with van der Waals surface area (Å²) in [6.45, 7) is 6.13. The summed E-state index contributed by atoms with van der Waals surface area (Å²) in [4.78, 5) is 8.33. The van der Waals surface area contributed by atoms with Crippen LogP contribution in [0.1, 0.15) is 20.8 Å². The second-order valence-electron chi connectivity index (χ2n) is 5.62. The van der Waals surface area contributed by atoms with Crippen LogP contribution >= 0.6 is 22.6 Å². The number of nitrogens with one attached hydrogen (secondary N) is 3. The lowest BCUT2D eigenvalue weighted by molar-refractivity contribution is 0.464. The third-order valence-corrected chi connectivity index (χ3v) is 3.27. The van der Waals surface area contributed by atoms with E-state index in [1.807, 2.05) is 45.0 Å². The molecule has 0 amide bonds. The Morgan fingerprint density at radius 1 is 1.05 bits per heavy atom. The SMILES string of the molecule is CC(C)(C)NNc1ncnc(Nc2ccc(I)cc2)c1N. The van der Waals surface area contributed by atoms with Gasteiger partial charge in [0.2, 0.25) is 0 Å². The zero-order chi connectivity index (χ0) is 15.5. The minimum Gasteiger partial charge on any atom is -0.393 e. The summed E-state index contributed by atoms with van der Waals surface area (Å²) in [7, 11) is 0. The minimum atomic E-state index is -0.0961. The summed E-state index contributed by atoms with van der Waals surface area (Å²) < 4.78 is 1.17. The molecule has 2 aromatic rings. The first-order valence-electron chi connectivity index (χ1n) is 6.51. The van der Waals surface area contributed by atoms with Gasteiger partial charge in [0.25, 0.3) is 0 Å². The molecule has 112 valence electrons. The van der Waals surface area contributed by atoms with E-state index in [1.165, 1.54) is 9.90 Å². The lowest BCUT2D eigenvalue weighted by atomic mass is 10.1. The van der Waals surface area contributed by atoms with Gasteiger partial charge in [-0.15, -0.1) is 0 Å². The van der Waals surface area contributed by atoms with Gasteiger partial charge in [-0.05, 0) is 67.6 Å². The van der Waals surface area contributed by atoms with Crippen LogP contribution in [0.3, 0.4) is 0 Å². The molecule has 0 aliphatic carbocycles. The van der Waals surface area contributed by atoms with Crippen LogP contribution in [0.15, 0.2) is 30.6 Å². The molecule has 0 atom stereocenters.